The van der Waals surface area contributed by atoms with Gasteiger partial charge in [-0.05, 0) is 24.9 Å². The fraction of sp³-hybridized carbons (Fsp3) is 1.00. The second-order valence-electron chi connectivity index (χ2n) is 4.22. The molecule has 0 aliphatic carbocycles. The van der Waals surface area contributed by atoms with Crippen molar-refractivity contribution in [1.29, 1.82) is 0 Å². The molecule has 2 heterocycles. The average molecular weight is 168 g/mol. The number of fused-ring (bicyclic) bond motifs is 1. The van der Waals surface area contributed by atoms with Gasteiger partial charge in [-0.1, -0.05) is 13.8 Å². The highest BCUT2D eigenvalue weighted by Gasteiger charge is 2.38. The van der Waals surface area contributed by atoms with Crippen molar-refractivity contribution in [3.63, 3.8) is 0 Å². The highest BCUT2D eigenvalue weighted by molar-refractivity contribution is 4.92. The molecule has 0 spiro atoms. The molecule has 0 aromatic rings. The molecule has 0 amide bonds. The van der Waals surface area contributed by atoms with Gasteiger partial charge in [-0.3, -0.25) is 0 Å². The molecule has 0 aromatic heterocycles. The van der Waals surface area contributed by atoms with E-state index in [2.05, 4.69) is 23.6 Å². The summed E-state index contributed by atoms with van der Waals surface area (Å²) in [6.45, 7) is 12.5. The molecule has 0 unspecified atom stereocenters. The molecular weight excluding hydrogens is 148 g/mol. The molecule has 0 aromatic carbocycles. The molecule has 2 aliphatic rings. The SMILES string of the molecule is CCN1CC2CN(CC)CC2C1. The summed E-state index contributed by atoms with van der Waals surface area (Å²) in [5.74, 6) is 1.98. The number of hydrogen-bond acceptors (Lipinski definition) is 2. The van der Waals surface area contributed by atoms with Crippen molar-refractivity contribution in [2.45, 2.75) is 13.8 Å². The largest absolute Gasteiger partial charge is 0.303 e. The molecule has 0 N–H and O–H groups in total. The molecule has 0 radical (unpaired) electrons. The van der Waals surface area contributed by atoms with Crippen LogP contribution in [0.15, 0.2) is 0 Å². The minimum absolute atomic E-state index is 0.991. The summed E-state index contributed by atoms with van der Waals surface area (Å²) in [5, 5.41) is 0. The van der Waals surface area contributed by atoms with Crippen molar-refractivity contribution < 1.29 is 0 Å². The van der Waals surface area contributed by atoms with Crippen LogP contribution in [0, 0.1) is 11.8 Å². The maximum absolute atomic E-state index is 2.60. The zero-order valence-electron chi connectivity index (χ0n) is 8.29. The Balaban J connectivity index is 1.89. The van der Waals surface area contributed by atoms with E-state index in [1.165, 1.54) is 39.3 Å². The van der Waals surface area contributed by atoms with Gasteiger partial charge in [-0.2, -0.15) is 0 Å². The molecule has 2 fully saturated rings. The number of rotatable bonds is 2. The normalized spacial score (nSPS) is 37.5. The Kier molecular flexibility index (Phi) is 2.37. The van der Waals surface area contributed by atoms with Crippen LogP contribution in [0.5, 0.6) is 0 Å². The van der Waals surface area contributed by atoms with Crippen molar-refractivity contribution in [1.82, 2.24) is 9.80 Å². The van der Waals surface area contributed by atoms with Crippen LogP contribution in [0.4, 0.5) is 0 Å². The Morgan fingerprint density at radius 1 is 0.833 bits per heavy atom. The summed E-state index contributed by atoms with van der Waals surface area (Å²) < 4.78 is 0. The fourth-order valence-electron chi connectivity index (χ4n) is 2.70. The zero-order valence-corrected chi connectivity index (χ0v) is 8.29. The molecule has 2 aliphatic heterocycles. The third kappa shape index (κ3) is 1.38. The maximum atomic E-state index is 2.60. The van der Waals surface area contributed by atoms with E-state index < -0.39 is 0 Å². The van der Waals surface area contributed by atoms with E-state index in [0.29, 0.717) is 0 Å². The third-order valence-corrected chi connectivity index (χ3v) is 3.53. The Labute approximate surface area is 75.5 Å². The van der Waals surface area contributed by atoms with Crippen LogP contribution >= 0.6 is 0 Å². The number of nitrogens with zero attached hydrogens (tertiary/aromatic N) is 2. The standard InChI is InChI=1S/C10H20N2/c1-3-11-5-9-7-12(4-2)8-10(9)6-11/h9-10H,3-8H2,1-2H3. The Bertz CT molecular complexity index is 128. The molecule has 2 nitrogen and oxygen atoms in total. The van der Waals surface area contributed by atoms with Crippen molar-refractivity contribution in [2.24, 2.45) is 11.8 Å². The van der Waals surface area contributed by atoms with Gasteiger partial charge in [-0.25, -0.2) is 0 Å². The molecule has 0 atom stereocenters. The Hall–Kier alpha value is -0.0800. The molecule has 12 heavy (non-hydrogen) atoms. The van der Waals surface area contributed by atoms with Crippen LogP contribution in [0.25, 0.3) is 0 Å². The molecule has 0 saturated carbocycles. The van der Waals surface area contributed by atoms with E-state index in [1.807, 2.05) is 0 Å². The van der Waals surface area contributed by atoms with E-state index in [4.69, 9.17) is 0 Å². The molecule has 0 bridgehead atoms. The van der Waals surface area contributed by atoms with Crippen LogP contribution in [-0.4, -0.2) is 49.1 Å². The van der Waals surface area contributed by atoms with Crippen LogP contribution < -0.4 is 0 Å². The van der Waals surface area contributed by atoms with Gasteiger partial charge in [0.1, 0.15) is 0 Å². The fourth-order valence-corrected chi connectivity index (χ4v) is 2.70. The summed E-state index contributed by atoms with van der Waals surface area (Å²) in [4.78, 5) is 5.20. The lowest BCUT2D eigenvalue weighted by atomic mass is 10.0. The Morgan fingerprint density at radius 2 is 1.17 bits per heavy atom. The van der Waals surface area contributed by atoms with E-state index in [1.54, 1.807) is 0 Å². The van der Waals surface area contributed by atoms with E-state index in [0.717, 1.165) is 11.8 Å². The van der Waals surface area contributed by atoms with Crippen LogP contribution in [0.3, 0.4) is 0 Å². The van der Waals surface area contributed by atoms with Crippen LogP contribution in [-0.2, 0) is 0 Å². The van der Waals surface area contributed by atoms with Gasteiger partial charge in [0.2, 0.25) is 0 Å². The van der Waals surface area contributed by atoms with Crippen molar-refractivity contribution in [3.8, 4) is 0 Å². The quantitative estimate of drug-likeness (QED) is 0.604. The van der Waals surface area contributed by atoms with Gasteiger partial charge >= 0.3 is 0 Å². The van der Waals surface area contributed by atoms with Gasteiger partial charge in [0.15, 0.2) is 0 Å². The summed E-state index contributed by atoms with van der Waals surface area (Å²) in [6, 6.07) is 0. The number of hydrogen-bond donors (Lipinski definition) is 0. The second-order valence-corrected chi connectivity index (χ2v) is 4.22. The van der Waals surface area contributed by atoms with Crippen molar-refractivity contribution in [2.75, 3.05) is 39.3 Å². The molecular formula is C10H20N2. The predicted molar refractivity (Wildman–Crippen MR) is 51.2 cm³/mol. The summed E-state index contributed by atoms with van der Waals surface area (Å²) in [6.07, 6.45) is 0. The average Bonchev–Trinajstić information content (AvgIpc) is 2.59. The van der Waals surface area contributed by atoms with Gasteiger partial charge in [0, 0.05) is 26.2 Å². The van der Waals surface area contributed by atoms with Crippen LogP contribution in [0.2, 0.25) is 0 Å². The van der Waals surface area contributed by atoms with Gasteiger partial charge in [-0.15, -0.1) is 0 Å². The first kappa shape index (κ1) is 8.52. The van der Waals surface area contributed by atoms with Gasteiger partial charge in [0.25, 0.3) is 0 Å². The molecule has 2 rings (SSSR count). The topological polar surface area (TPSA) is 6.48 Å². The lowest BCUT2D eigenvalue weighted by molar-refractivity contribution is 0.269. The minimum atomic E-state index is 0.991. The predicted octanol–water partition coefficient (Wildman–Crippen LogP) is 0.890. The van der Waals surface area contributed by atoms with E-state index >= 15 is 0 Å². The summed E-state index contributed by atoms with van der Waals surface area (Å²) >= 11 is 0. The number of likely N-dealkylation sites (tertiary alicyclic amines) is 2. The first-order chi connectivity index (χ1) is 5.83. The maximum Gasteiger partial charge on any atom is 0.00255 e. The van der Waals surface area contributed by atoms with Crippen molar-refractivity contribution in [3.05, 3.63) is 0 Å². The first-order valence-electron chi connectivity index (χ1n) is 5.28. The van der Waals surface area contributed by atoms with Crippen LogP contribution in [0.1, 0.15) is 13.8 Å². The second kappa shape index (κ2) is 3.35. The Morgan fingerprint density at radius 3 is 1.42 bits per heavy atom. The smallest absolute Gasteiger partial charge is 0.00255 e. The lowest BCUT2D eigenvalue weighted by Gasteiger charge is -2.18. The molecule has 2 heteroatoms. The summed E-state index contributed by atoms with van der Waals surface area (Å²) in [5.41, 5.74) is 0. The monoisotopic (exact) mass is 168 g/mol. The van der Waals surface area contributed by atoms with E-state index in [9.17, 15) is 0 Å². The van der Waals surface area contributed by atoms with Crippen molar-refractivity contribution >= 4 is 0 Å². The molecule has 2 saturated heterocycles. The third-order valence-electron chi connectivity index (χ3n) is 3.53. The van der Waals surface area contributed by atoms with Gasteiger partial charge < -0.3 is 9.80 Å². The van der Waals surface area contributed by atoms with E-state index in [-0.39, 0.29) is 0 Å². The highest BCUT2D eigenvalue weighted by Crippen LogP contribution is 2.30. The zero-order chi connectivity index (χ0) is 8.55. The molecule has 70 valence electrons. The minimum Gasteiger partial charge on any atom is -0.303 e. The van der Waals surface area contributed by atoms with Gasteiger partial charge in [0.05, 0.1) is 0 Å². The summed E-state index contributed by atoms with van der Waals surface area (Å²) in [7, 11) is 0. The first-order valence-corrected chi connectivity index (χ1v) is 5.28. The highest BCUT2D eigenvalue weighted by atomic mass is 15.2. The lowest BCUT2D eigenvalue weighted by Crippen LogP contribution is -2.28.